The van der Waals surface area contributed by atoms with Crippen molar-refractivity contribution >= 4 is 11.6 Å². The summed E-state index contributed by atoms with van der Waals surface area (Å²) in [4.78, 5) is 15.1. The van der Waals surface area contributed by atoms with Gasteiger partial charge in [-0.15, -0.1) is 0 Å². The van der Waals surface area contributed by atoms with Crippen LogP contribution in [0.4, 0.5) is 0 Å². The summed E-state index contributed by atoms with van der Waals surface area (Å²) in [5.41, 5.74) is 0.752. The lowest BCUT2D eigenvalue weighted by Crippen LogP contribution is -2.26. The number of hydrogen-bond acceptors (Lipinski definition) is 4. The number of aromatic nitrogens is 1. The van der Waals surface area contributed by atoms with Crippen LogP contribution in [0.15, 0.2) is 42.6 Å². The van der Waals surface area contributed by atoms with Crippen molar-refractivity contribution in [3.05, 3.63) is 53.3 Å². The maximum atomic E-state index is 6.01. The lowest BCUT2D eigenvalue weighted by Gasteiger charge is -2.09. The standard InChI is InChI=1S/C15H11ClN2O2/c16-13-8-5-9-14-15(13)20-18(19-14)11-4-2-7-12-6-1-3-10-17-12/h1,3,5-6,8-10H,4,11H2. The summed E-state index contributed by atoms with van der Waals surface area (Å²) in [5.74, 6) is 7.17. The van der Waals surface area contributed by atoms with Crippen LogP contribution in [-0.2, 0) is 0 Å². The van der Waals surface area contributed by atoms with Gasteiger partial charge in [-0.05, 0) is 30.2 Å². The van der Waals surface area contributed by atoms with E-state index in [1.165, 1.54) is 5.23 Å². The van der Waals surface area contributed by atoms with Crippen LogP contribution in [0.1, 0.15) is 12.1 Å². The maximum absolute atomic E-state index is 6.01. The quantitative estimate of drug-likeness (QED) is 0.795. The molecule has 1 aromatic carbocycles. The Hall–Kier alpha value is -2.22. The Bertz CT molecular complexity index is 665. The Kier molecular flexibility index (Phi) is 3.73. The highest BCUT2D eigenvalue weighted by Gasteiger charge is 2.24. The molecular weight excluding hydrogens is 276 g/mol. The normalized spacial score (nSPS) is 12.8. The second kappa shape index (κ2) is 5.83. The number of hydroxylamine groups is 2. The zero-order valence-electron chi connectivity index (χ0n) is 10.5. The van der Waals surface area contributed by atoms with Crippen molar-refractivity contribution in [3.63, 3.8) is 0 Å². The molecule has 0 saturated carbocycles. The predicted octanol–water partition coefficient (Wildman–Crippen LogP) is 3.08. The van der Waals surface area contributed by atoms with Gasteiger partial charge in [-0.2, -0.15) is 0 Å². The van der Waals surface area contributed by atoms with Crippen molar-refractivity contribution in [1.82, 2.24) is 10.2 Å². The number of fused-ring (bicyclic) bond motifs is 1. The second-order valence-corrected chi connectivity index (χ2v) is 4.48. The predicted molar refractivity (Wildman–Crippen MR) is 75.1 cm³/mol. The Morgan fingerprint density at radius 1 is 1.15 bits per heavy atom. The molecule has 0 saturated heterocycles. The third kappa shape index (κ3) is 2.85. The molecule has 0 atom stereocenters. The van der Waals surface area contributed by atoms with Crippen LogP contribution in [0.5, 0.6) is 11.5 Å². The van der Waals surface area contributed by atoms with Crippen LogP contribution in [0.3, 0.4) is 0 Å². The molecule has 100 valence electrons. The smallest absolute Gasteiger partial charge is 0.214 e. The molecular formula is C15H11ClN2O2. The fourth-order valence-electron chi connectivity index (χ4n) is 1.71. The molecule has 20 heavy (non-hydrogen) atoms. The summed E-state index contributed by atoms with van der Waals surface area (Å²) in [7, 11) is 0. The van der Waals surface area contributed by atoms with E-state index in [1.54, 1.807) is 18.3 Å². The first-order valence-electron chi connectivity index (χ1n) is 6.15. The number of halogens is 1. The van der Waals surface area contributed by atoms with Gasteiger partial charge in [-0.1, -0.05) is 29.7 Å². The molecule has 5 heteroatoms. The van der Waals surface area contributed by atoms with E-state index in [0.29, 0.717) is 29.5 Å². The maximum Gasteiger partial charge on any atom is 0.214 e. The van der Waals surface area contributed by atoms with Gasteiger partial charge in [0.25, 0.3) is 0 Å². The Balaban J connectivity index is 1.55. The van der Waals surface area contributed by atoms with E-state index in [2.05, 4.69) is 16.8 Å². The summed E-state index contributed by atoms with van der Waals surface area (Å²) in [6.45, 7) is 0.519. The average Bonchev–Trinajstić information content (AvgIpc) is 2.89. The third-order valence-electron chi connectivity index (χ3n) is 2.62. The molecule has 1 aliphatic heterocycles. The highest BCUT2D eigenvalue weighted by molar-refractivity contribution is 6.32. The van der Waals surface area contributed by atoms with Gasteiger partial charge in [0.1, 0.15) is 5.69 Å². The van der Waals surface area contributed by atoms with Crippen LogP contribution in [0, 0.1) is 11.8 Å². The summed E-state index contributed by atoms with van der Waals surface area (Å²) < 4.78 is 0. The summed E-state index contributed by atoms with van der Waals surface area (Å²) in [6, 6.07) is 11.0. The molecule has 0 aliphatic carbocycles. The van der Waals surface area contributed by atoms with Crippen molar-refractivity contribution in [2.24, 2.45) is 0 Å². The van der Waals surface area contributed by atoms with E-state index < -0.39 is 0 Å². The number of para-hydroxylation sites is 1. The van der Waals surface area contributed by atoms with Gasteiger partial charge in [-0.25, -0.2) is 4.98 Å². The van der Waals surface area contributed by atoms with Crippen LogP contribution < -0.4 is 9.68 Å². The molecule has 1 aromatic heterocycles. The van der Waals surface area contributed by atoms with Crippen LogP contribution in [-0.4, -0.2) is 16.8 Å². The van der Waals surface area contributed by atoms with Crippen LogP contribution >= 0.6 is 11.6 Å². The van der Waals surface area contributed by atoms with E-state index in [-0.39, 0.29) is 0 Å². The Labute approximate surface area is 121 Å². The SMILES string of the molecule is Clc1cccc2c1ON(CCC#Cc1ccccn1)O2. The van der Waals surface area contributed by atoms with Crippen LogP contribution in [0.2, 0.25) is 5.02 Å². The zero-order valence-corrected chi connectivity index (χ0v) is 11.3. The van der Waals surface area contributed by atoms with Gasteiger partial charge in [-0.3, -0.25) is 0 Å². The number of nitrogens with zero attached hydrogens (tertiary/aromatic N) is 2. The summed E-state index contributed by atoms with van der Waals surface area (Å²) in [5, 5.41) is 1.91. The first-order chi connectivity index (χ1) is 9.83. The molecule has 0 fully saturated rings. The molecule has 0 bridgehead atoms. The van der Waals surface area contributed by atoms with Crippen molar-refractivity contribution < 1.29 is 9.68 Å². The van der Waals surface area contributed by atoms with E-state index >= 15 is 0 Å². The molecule has 3 rings (SSSR count). The highest BCUT2D eigenvalue weighted by atomic mass is 35.5. The van der Waals surface area contributed by atoms with Gasteiger partial charge in [0.15, 0.2) is 5.75 Å². The van der Waals surface area contributed by atoms with Crippen molar-refractivity contribution in [2.45, 2.75) is 6.42 Å². The zero-order chi connectivity index (χ0) is 13.8. The average molecular weight is 287 g/mol. The van der Waals surface area contributed by atoms with E-state index in [4.69, 9.17) is 21.3 Å². The van der Waals surface area contributed by atoms with Gasteiger partial charge in [0.05, 0.1) is 11.6 Å². The first-order valence-corrected chi connectivity index (χ1v) is 6.52. The van der Waals surface area contributed by atoms with Crippen molar-refractivity contribution in [3.8, 4) is 23.3 Å². The monoisotopic (exact) mass is 286 g/mol. The summed E-state index contributed by atoms with van der Waals surface area (Å²) >= 11 is 6.01. The van der Waals surface area contributed by atoms with E-state index in [9.17, 15) is 0 Å². The molecule has 4 nitrogen and oxygen atoms in total. The molecule has 0 spiro atoms. The number of pyridine rings is 1. The minimum absolute atomic E-state index is 0.519. The van der Waals surface area contributed by atoms with E-state index in [0.717, 1.165) is 5.69 Å². The molecule has 0 unspecified atom stereocenters. The van der Waals surface area contributed by atoms with Gasteiger partial charge >= 0.3 is 0 Å². The molecule has 0 amide bonds. The molecule has 2 heterocycles. The minimum atomic E-state index is 0.519. The minimum Gasteiger partial charge on any atom is -0.367 e. The lowest BCUT2D eigenvalue weighted by atomic mass is 10.3. The number of benzene rings is 1. The van der Waals surface area contributed by atoms with Crippen LogP contribution in [0.25, 0.3) is 0 Å². The van der Waals surface area contributed by atoms with E-state index in [1.807, 2.05) is 24.3 Å². The molecule has 1 aliphatic rings. The van der Waals surface area contributed by atoms with Gasteiger partial charge < -0.3 is 9.68 Å². The molecule has 0 N–H and O–H groups in total. The van der Waals surface area contributed by atoms with Crippen molar-refractivity contribution in [2.75, 3.05) is 6.54 Å². The summed E-state index contributed by atoms with van der Waals surface area (Å²) in [6.07, 6.45) is 2.32. The third-order valence-corrected chi connectivity index (χ3v) is 2.92. The fourth-order valence-corrected chi connectivity index (χ4v) is 1.91. The number of rotatable bonds is 2. The topological polar surface area (TPSA) is 34.6 Å². The number of hydrogen-bond donors (Lipinski definition) is 0. The Morgan fingerprint density at radius 3 is 2.90 bits per heavy atom. The Morgan fingerprint density at radius 2 is 2.10 bits per heavy atom. The van der Waals surface area contributed by atoms with Gasteiger partial charge in [0.2, 0.25) is 5.75 Å². The molecule has 0 radical (unpaired) electrons. The fraction of sp³-hybridized carbons (Fsp3) is 0.133. The van der Waals surface area contributed by atoms with Gasteiger partial charge in [0, 0.05) is 17.8 Å². The largest absolute Gasteiger partial charge is 0.367 e. The highest BCUT2D eigenvalue weighted by Crippen LogP contribution is 2.39. The second-order valence-electron chi connectivity index (χ2n) is 4.07. The lowest BCUT2D eigenvalue weighted by molar-refractivity contribution is -0.224. The van der Waals surface area contributed by atoms with Crippen molar-refractivity contribution in [1.29, 1.82) is 0 Å². The first kappa shape index (κ1) is 12.8. The molecule has 2 aromatic rings.